The fraction of sp³-hybridized carbons (Fsp3) is 0.857. The summed E-state index contributed by atoms with van der Waals surface area (Å²) in [6.07, 6.45) is 2.93. The highest BCUT2D eigenvalue weighted by molar-refractivity contribution is 5.88. The van der Waals surface area contributed by atoms with Gasteiger partial charge in [0.05, 0.1) is 0 Å². The number of rotatable bonds is 4. The normalized spacial score (nSPS) is 24.9. The summed E-state index contributed by atoms with van der Waals surface area (Å²) in [6, 6.07) is -0.509. The van der Waals surface area contributed by atoms with Crippen LogP contribution in [0.4, 0.5) is 0 Å². The molecule has 0 saturated heterocycles. The van der Waals surface area contributed by atoms with Crippen LogP contribution in [0.2, 0.25) is 0 Å². The van der Waals surface area contributed by atoms with E-state index in [1.807, 2.05) is 20.8 Å². The summed E-state index contributed by atoms with van der Waals surface area (Å²) < 4.78 is 0. The maximum atomic E-state index is 12.1. The van der Waals surface area contributed by atoms with Crippen LogP contribution in [-0.4, -0.2) is 29.9 Å². The fourth-order valence-corrected chi connectivity index (χ4v) is 2.53. The highest BCUT2D eigenvalue weighted by atomic mass is 16.2. The molecule has 0 radical (unpaired) electrons. The van der Waals surface area contributed by atoms with Crippen LogP contribution in [0, 0.1) is 11.8 Å². The van der Waals surface area contributed by atoms with E-state index in [9.17, 15) is 9.59 Å². The second-order valence-corrected chi connectivity index (χ2v) is 6.50. The summed E-state index contributed by atoms with van der Waals surface area (Å²) in [6.45, 7) is 8.01. The van der Waals surface area contributed by atoms with Crippen LogP contribution >= 0.6 is 0 Å². The van der Waals surface area contributed by atoms with E-state index in [1.165, 1.54) is 0 Å². The summed E-state index contributed by atoms with van der Waals surface area (Å²) in [5.74, 6) is 0.0421. The van der Waals surface area contributed by atoms with Crippen LogP contribution in [0.3, 0.4) is 0 Å². The van der Waals surface area contributed by atoms with Crippen molar-refractivity contribution in [3.8, 4) is 0 Å². The summed E-state index contributed by atoms with van der Waals surface area (Å²) >= 11 is 0. The van der Waals surface area contributed by atoms with Gasteiger partial charge in [-0.25, -0.2) is 0 Å². The first kappa shape index (κ1) is 16.0. The zero-order valence-corrected chi connectivity index (χ0v) is 12.5. The first-order valence-electron chi connectivity index (χ1n) is 7.07. The minimum absolute atomic E-state index is 0.0325. The maximum Gasteiger partial charge on any atom is 0.242 e. The zero-order valence-electron chi connectivity index (χ0n) is 12.5. The Morgan fingerprint density at radius 3 is 2.47 bits per heavy atom. The molecule has 1 aliphatic rings. The zero-order chi connectivity index (χ0) is 14.6. The van der Waals surface area contributed by atoms with E-state index < -0.39 is 6.04 Å². The Kier molecular flexibility index (Phi) is 5.35. The summed E-state index contributed by atoms with van der Waals surface area (Å²) in [5, 5.41) is 5.66. The Balaban J connectivity index is 2.50. The molecule has 1 saturated carbocycles. The van der Waals surface area contributed by atoms with Gasteiger partial charge in [-0.1, -0.05) is 6.42 Å². The number of carbonyl (C=O) groups excluding carboxylic acids is 2. The summed E-state index contributed by atoms with van der Waals surface area (Å²) in [5.41, 5.74) is 5.39. The molecule has 0 aromatic rings. The molecule has 3 atom stereocenters. The van der Waals surface area contributed by atoms with Crippen LogP contribution in [0.1, 0.15) is 47.0 Å². The minimum Gasteiger partial charge on any atom is -0.350 e. The predicted molar refractivity (Wildman–Crippen MR) is 75.4 cm³/mol. The molecule has 4 N–H and O–H groups in total. The Morgan fingerprint density at radius 1 is 1.32 bits per heavy atom. The lowest BCUT2D eigenvalue weighted by atomic mass is 9.95. The molecular weight excluding hydrogens is 242 g/mol. The average Bonchev–Trinajstić information content (AvgIpc) is 2.74. The van der Waals surface area contributed by atoms with E-state index in [0.717, 1.165) is 19.3 Å². The molecule has 5 heteroatoms. The number of carbonyl (C=O) groups is 2. The van der Waals surface area contributed by atoms with Gasteiger partial charge in [0.1, 0.15) is 6.04 Å². The van der Waals surface area contributed by atoms with Gasteiger partial charge in [0.25, 0.3) is 0 Å². The molecule has 5 nitrogen and oxygen atoms in total. The Bertz CT molecular complexity index is 336. The van der Waals surface area contributed by atoms with Gasteiger partial charge in [-0.2, -0.15) is 0 Å². The highest BCUT2D eigenvalue weighted by Gasteiger charge is 2.33. The van der Waals surface area contributed by atoms with Crippen molar-refractivity contribution in [2.45, 2.75) is 58.5 Å². The van der Waals surface area contributed by atoms with Crippen molar-refractivity contribution in [2.75, 3.05) is 6.54 Å². The first-order chi connectivity index (χ1) is 8.74. The molecule has 2 amide bonds. The standard InChI is InChI=1S/C14H27N3O2/c1-9(12(18)17-14(2,3)4)16-13(19)11-7-5-6-10(11)8-15/h9-11H,5-8,15H2,1-4H3,(H,16,19)(H,17,18)/t9?,10-,11-/m1/s1. The SMILES string of the molecule is CC(NC(=O)[C@@H]1CCC[C@@H]1CN)C(=O)NC(C)(C)C. The Labute approximate surface area is 115 Å². The maximum absolute atomic E-state index is 12.1. The smallest absolute Gasteiger partial charge is 0.242 e. The van der Waals surface area contributed by atoms with E-state index in [2.05, 4.69) is 10.6 Å². The molecule has 1 aliphatic carbocycles. The number of hydrogen-bond donors (Lipinski definition) is 3. The molecule has 0 aromatic heterocycles. The highest BCUT2D eigenvalue weighted by Crippen LogP contribution is 2.30. The summed E-state index contributed by atoms with van der Waals surface area (Å²) in [7, 11) is 0. The lowest BCUT2D eigenvalue weighted by molar-refractivity contribution is -0.132. The van der Waals surface area contributed by atoms with Crippen LogP contribution < -0.4 is 16.4 Å². The van der Waals surface area contributed by atoms with Crippen LogP contribution in [0.5, 0.6) is 0 Å². The molecule has 19 heavy (non-hydrogen) atoms. The minimum atomic E-state index is -0.509. The molecule has 0 heterocycles. The van der Waals surface area contributed by atoms with E-state index in [1.54, 1.807) is 6.92 Å². The second kappa shape index (κ2) is 6.37. The molecule has 1 unspecified atom stereocenters. The molecule has 1 fully saturated rings. The molecule has 0 aliphatic heterocycles. The van der Waals surface area contributed by atoms with Crippen molar-refractivity contribution in [1.29, 1.82) is 0 Å². The summed E-state index contributed by atoms with van der Waals surface area (Å²) in [4.78, 5) is 24.1. The van der Waals surface area contributed by atoms with Gasteiger partial charge in [0, 0.05) is 11.5 Å². The van der Waals surface area contributed by atoms with Crippen molar-refractivity contribution in [3.05, 3.63) is 0 Å². The number of amides is 2. The van der Waals surface area contributed by atoms with Crippen molar-refractivity contribution in [3.63, 3.8) is 0 Å². The quantitative estimate of drug-likeness (QED) is 0.705. The molecule has 0 aromatic carbocycles. The van der Waals surface area contributed by atoms with Gasteiger partial charge in [-0.3, -0.25) is 9.59 Å². The Hall–Kier alpha value is -1.10. The molecule has 0 spiro atoms. The largest absolute Gasteiger partial charge is 0.350 e. The second-order valence-electron chi connectivity index (χ2n) is 6.50. The topological polar surface area (TPSA) is 84.2 Å². The van der Waals surface area contributed by atoms with Crippen LogP contribution in [0.25, 0.3) is 0 Å². The van der Waals surface area contributed by atoms with Gasteiger partial charge < -0.3 is 16.4 Å². The van der Waals surface area contributed by atoms with E-state index >= 15 is 0 Å². The monoisotopic (exact) mass is 269 g/mol. The van der Waals surface area contributed by atoms with Crippen molar-refractivity contribution in [2.24, 2.45) is 17.6 Å². The molecular formula is C14H27N3O2. The van der Waals surface area contributed by atoms with E-state index in [-0.39, 0.29) is 29.2 Å². The number of nitrogens with one attached hydrogen (secondary N) is 2. The van der Waals surface area contributed by atoms with E-state index in [0.29, 0.717) is 6.54 Å². The third kappa shape index (κ3) is 4.82. The fourth-order valence-electron chi connectivity index (χ4n) is 2.53. The van der Waals surface area contributed by atoms with Gasteiger partial charge >= 0.3 is 0 Å². The van der Waals surface area contributed by atoms with Crippen molar-refractivity contribution < 1.29 is 9.59 Å². The van der Waals surface area contributed by atoms with Crippen molar-refractivity contribution in [1.82, 2.24) is 10.6 Å². The van der Waals surface area contributed by atoms with Gasteiger partial charge in [-0.15, -0.1) is 0 Å². The average molecular weight is 269 g/mol. The third-order valence-corrected chi connectivity index (χ3v) is 3.55. The van der Waals surface area contributed by atoms with Gasteiger partial charge in [0.15, 0.2) is 0 Å². The van der Waals surface area contributed by atoms with Gasteiger partial charge in [-0.05, 0) is 53.0 Å². The van der Waals surface area contributed by atoms with Crippen molar-refractivity contribution >= 4 is 11.8 Å². The number of hydrogen-bond acceptors (Lipinski definition) is 3. The predicted octanol–water partition coefficient (Wildman–Crippen LogP) is 0.781. The first-order valence-corrected chi connectivity index (χ1v) is 7.07. The number of nitrogens with two attached hydrogens (primary N) is 1. The lowest BCUT2D eigenvalue weighted by Gasteiger charge is -2.25. The van der Waals surface area contributed by atoms with E-state index in [4.69, 9.17) is 5.73 Å². The third-order valence-electron chi connectivity index (χ3n) is 3.55. The molecule has 1 rings (SSSR count). The molecule has 110 valence electrons. The molecule has 0 bridgehead atoms. The Morgan fingerprint density at radius 2 is 1.95 bits per heavy atom. The van der Waals surface area contributed by atoms with Crippen LogP contribution in [0.15, 0.2) is 0 Å². The lowest BCUT2D eigenvalue weighted by Crippen LogP contribution is -2.52. The van der Waals surface area contributed by atoms with Crippen LogP contribution in [-0.2, 0) is 9.59 Å². The van der Waals surface area contributed by atoms with Gasteiger partial charge in [0.2, 0.25) is 11.8 Å².